The molecule has 0 amide bonds. The predicted molar refractivity (Wildman–Crippen MR) is 75.6 cm³/mol. The van der Waals surface area contributed by atoms with Crippen LogP contribution in [0.5, 0.6) is 0 Å². The molecule has 0 radical (unpaired) electrons. The van der Waals surface area contributed by atoms with E-state index in [1.165, 1.54) is 6.07 Å². The molecule has 1 N–H and O–H groups in total. The van der Waals surface area contributed by atoms with Crippen LogP contribution in [0.4, 0.5) is 5.69 Å². The van der Waals surface area contributed by atoms with E-state index in [1.54, 1.807) is 24.5 Å². The van der Waals surface area contributed by atoms with Crippen molar-refractivity contribution in [1.82, 2.24) is 10.3 Å². The molecule has 1 aromatic carbocycles. The Morgan fingerprint density at radius 3 is 2.74 bits per heavy atom. The topological polar surface area (TPSA) is 68.1 Å². The molecule has 0 saturated carbocycles. The van der Waals surface area contributed by atoms with Crippen LogP contribution in [-0.2, 0) is 13.1 Å². The third kappa shape index (κ3) is 4.11. The molecule has 98 valence electrons. The monoisotopic (exact) mass is 321 g/mol. The number of halogens is 1. The highest BCUT2D eigenvalue weighted by molar-refractivity contribution is 9.10. The number of aromatic nitrogens is 1. The Morgan fingerprint density at radius 2 is 2.00 bits per heavy atom. The van der Waals surface area contributed by atoms with Crippen LogP contribution in [0, 0.1) is 10.1 Å². The van der Waals surface area contributed by atoms with Crippen molar-refractivity contribution in [2.75, 3.05) is 0 Å². The molecule has 6 heteroatoms. The number of pyridine rings is 1. The fourth-order valence-corrected chi connectivity index (χ4v) is 2.10. The number of rotatable bonds is 5. The highest BCUT2D eigenvalue weighted by Gasteiger charge is 2.05. The molecule has 0 aliphatic carbocycles. The number of nitrogens with one attached hydrogen (secondary N) is 1. The lowest BCUT2D eigenvalue weighted by atomic mass is 10.2. The van der Waals surface area contributed by atoms with Gasteiger partial charge in [0.15, 0.2) is 0 Å². The Balaban J connectivity index is 1.92. The molecule has 2 rings (SSSR count). The molecular weight excluding hydrogens is 310 g/mol. The maximum absolute atomic E-state index is 10.7. The van der Waals surface area contributed by atoms with Gasteiger partial charge in [-0.05, 0) is 33.1 Å². The van der Waals surface area contributed by atoms with Crippen LogP contribution in [0.3, 0.4) is 0 Å². The molecule has 19 heavy (non-hydrogen) atoms. The standard InChI is InChI=1S/C13H12BrN3O2/c14-12-4-11(8-16-9-12)7-15-6-10-2-1-3-13(5-10)17(18)19/h1-5,8-9,15H,6-7H2. The van der Waals surface area contributed by atoms with Crippen LogP contribution >= 0.6 is 15.9 Å². The van der Waals surface area contributed by atoms with Crippen LogP contribution in [0.15, 0.2) is 47.2 Å². The second kappa shape index (κ2) is 6.40. The van der Waals surface area contributed by atoms with Gasteiger partial charge in [-0.25, -0.2) is 0 Å². The van der Waals surface area contributed by atoms with Crippen LogP contribution < -0.4 is 5.32 Å². The van der Waals surface area contributed by atoms with Gasteiger partial charge in [-0.1, -0.05) is 12.1 Å². The number of nitro groups is 1. The van der Waals surface area contributed by atoms with Gasteiger partial charge in [-0.15, -0.1) is 0 Å². The van der Waals surface area contributed by atoms with E-state index in [2.05, 4.69) is 26.2 Å². The van der Waals surface area contributed by atoms with Crippen molar-refractivity contribution in [3.05, 3.63) is 68.4 Å². The summed E-state index contributed by atoms with van der Waals surface area (Å²) < 4.78 is 0.933. The molecule has 0 spiro atoms. The molecule has 2 aromatic rings. The van der Waals surface area contributed by atoms with Gasteiger partial charge in [-0.3, -0.25) is 15.1 Å². The van der Waals surface area contributed by atoms with E-state index in [1.807, 2.05) is 12.1 Å². The second-order valence-corrected chi connectivity index (χ2v) is 4.96. The minimum atomic E-state index is -0.387. The van der Waals surface area contributed by atoms with Crippen molar-refractivity contribution in [2.45, 2.75) is 13.1 Å². The van der Waals surface area contributed by atoms with E-state index in [4.69, 9.17) is 0 Å². The molecule has 0 unspecified atom stereocenters. The number of nitro benzene ring substituents is 1. The van der Waals surface area contributed by atoms with Gasteiger partial charge in [0.25, 0.3) is 5.69 Å². The normalized spacial score (nSPS) is 10.4. The molecule has 5 nitrogen and oxygen atoms in total. The van der Waals surface area contributed by atoms with E-state index in [9.17, 15) is 10.1 Å². The fraction of sp³-hybridized carbons (Fsp3) is 0.154. The first kappa shape index (κ1) is 13.6. The second-order valence-electron chi connectivity index (χ2n) is 4.04. The molecule has 0 fully saturated rings. The first-order chi connectivity index (χ1) is 9.15. The van der Waals surface area contributed by atoms with E-state index in [-0.39, 0.29) is 10.6 Å². The maximum Gasteiger partial charge on any atom is 0.269 e. The summed E-state index contributed by atoms with van der Waals surface area (Å²) in [7, 11) is 0. The zero-order chi connectivity index (χ0) is 13.7. The third-order valence-corrected chi connectivity index (χ3v) is 2.97. The Labute approximate surface area is 119 Å². The minimum Gasteiger partial charge on any atom is -0.309 e. The average molecular weight is 322 g/mol. The predicted octanol–water partition coefficient (Wildman–Crippen LogP) is 3.04. The van der Waals surface area contributed by atoms with Crippen molar-refractivity contribution in [2.24, 2.45) is 0 Å². The smallest absolute Gasteiger partial charge is 0.269 e. The molecule has 1 heterocycles. The zero-order valence-corrected chi connectivity index (χ0v) is 11.6. The largest absolute Gasteiger partial charge is 0.309 e. The van der Waals surface area contributed by atoms with Gasteiger partial charge in [0.2, 0.25) is 0 Å². The van der Waals surface area contributed by atoms with Gasteiger partial charge < -0.3 is 5.32 Å². The molecule has 0 atom stereocenters. The van der Waals surface area contributed by atoms with Gasteiger partial charge in [0.1, 0.15) is 0 Å². The van der Waals surface area contributed by atoms with E-state index >= 15 is 0 Å². The first-order valence-corrected chi connectivity index (χ1v) is 6.48. The highest BCUT2D eigenvalue weighted by atomic mass is 79.9. The summed E-state index contributed by atoms with van der Waals surface area (Å²) in [4.78, 5) is 14.3. The molecule has 0 aliphatic heterocycles. The van der Waals surface area contributed by atoms with E-state index < -0.39 is 0 Å². The molecule has 0 bridgehead atoms. The minimum absolute atomic E-state index is 0.114. The third-order valence-electron chi connectivity index (χ3n) is 2.54. The van der Waals surface area contributed by atoms with Gasteiger partial charge in [0.05, 0.1) is 4.92 Å². The summed E-state index contributed by atoms with van der Waals surface area (Å²) >= 11 is 3.36. The first-order valence-electron chi connectivity index (χ1n) is 5.68. The van der Waals surface area contributed by atoms with Gasteiger partial charge in [0, 0.05) is 42.1 Å². The Bertz CT molecular complexity index is 590. The number of nitrogens with zero attached hydrogens (tertiary/aromatic N) is 2. The van der Waals surface area contributed by atoms with E-state index in [0.29, 0.717) is 13.1 Å². The summed E-state index contributed by atoms with van der Waals surface area (Å²) in [6, 6.07) is 8.59. The Kier molecular flexibility index (Phi) is 4.59. The number of benzene rings is 1. The van der Waals surface area contributed by atoms with Crippen LogP contribution in [0.25, 0.3) is 0 Å². The quantitative estimate of drug-likeness (QED) is 0.679. The van der Waals surface area contributed by atoms with Crippen LogP contribution in [0.1, 0.15) is 11.1 Å². The molecule has 0 aliphatic rings. The zero-order valence-electron chi connectivity index (χ0n) is 10.0. The molecular formula is C13H12BrN3O2. The van der Waals surface area contributed by atoms with Crippen molar-refractivity contribution < 1.29 is 4.92 Å². The summed E-state index contributed by atoms with van der Waals surface area (Å²) in [5.41, 5.74) is 2.06. The SMILES string of the molecule is O=[N+]([O-])c1cccc(CNCc2cncc(Br)c2)c1. The summed E-state index contributed by atoms with van der Waals surface area (Å²) in [6.07, 6.45) is 3.51. The summed E-state index contributed by atoms with van der Waals surface area (Å²) in [6.45, 7) is 1.24. The lowest BCUT2D eigenvalue weighted by Crippen LogP contribution is -2.12. The number of hydrogen-bond donors (Lipinski definition) is 1. The summed E-state index contributed by atoms with van der Waals surface area (Å²) in [5.74, 6) is 0. The lowest BCUT2D eigenvalue weighted by molar-refractivity contribution is -0.384. The Hall–Kier alpha value is -1.79. The molecule has 0 saturated heterocycles. The van der Waals surface area contributed by atoms with Gasteiger partial charge >= 0.3 is 0 Å². The van der Waals surface area contributed by atoms with Crippen molar-refractivity contribution in [3.63, 3.8) is 0 Å². The van der Waals surface area contributed by atoms with Crippen LogP contribution in [-0.4, -0.2) is 9.91 Å². The maximum atomic E-state index is 10.7. The van der Waals surface area contributed by atoms with Crippen molar-refractivity contribution >= 4 is 21.6 Å². The van der Waals surface area contributed by atoms with Crippen molar-refractivity contribution in [3.8, 4) is 0 Å². The fourth-order valence-electron chi connectivity index (χ4n) is 1.68. The van der Waals surface area contributed by atoms with Crippen LogP contribution in [0.2, 0.25) is 0 Å². The Morgan fingerprint density at radius 1 is 1.21 bits per heavy atom. The lowest BCUT2D eigenvalue weighted by Gasteiger charge is -2.05. The average Bonchev–Trinajstić information content (AvgIpc) is 2.39. The number of hydrogen-bond acceptors (Lipinski definition) is 4. The summed E-state index contributed by atoms with van der Waals surface area (Å²) in [5, 5.41) is 13.9. The molecule has 1 aromatic heterocycles. The van der Waals surface area contributed by atoms with Crippen molar-refractivity contribution in [1.29, 1.82) is 0 Å². The number of non-ortho nitro benzene ring substituents is 1. The highest BCUT2D eigenvalue weighted by Crippen LogP contribution is 2.13. The van der Waals surface area contributed by atoms with E-state index in [0.717, 1.165) is 15.6 Å². The van der Waals surface area contributed by atoms with Gasteiger partial charge in [-0.2, -0.15) is 0 Å².